The number of aliphatic hydroxyl groups is 1. The van der Waals surface area contributed by atoms with Crippen LogP contribution in [-0.2, 0) is 4.79 Å². The molecule has 0 aromatic heterocycles. The van der Waals surface area contributed by atoms with Gasteiger partial charge in [-0.3, -0.25) is 9.59 Å². The van der Waals surface area contributed by atoms with E-state index in [0.717, 1.165) is 44.7 Å². The summed E-state index contributed by atoms with van der Waals surface area (Å²) < 4.78 is 6.47. The van der Waals surface area contributed by atoms with E-state index in [1.165, 1.54) is 19.3 Å². The van der Waals surface area contributed by atoms with Gasteiger partial charge in [0.25, 0.3) is 5.91 Å². The third-order valence-corrected chi connectivity index (χ3v) is 7.67. The molecule has 2 amide bonds. The van der Waals surface area contributed by atoms with Crippen LogP contribution < -0.4 is 10.1 Å². The van der Waals surface area contributed by atoms with Crippen LogP contribution in [0.25, 0.3) is 0 Å². The molecule has 188 valence electrons. The van der Waals surface area contributed by atoms with Gasteiger partial charge in [-0.15, -0.1) is 0 Å². The highest BCUT2D eigenvalue weighted by molar-refractivity contribution is 6.00. The van der Waals surface area contributed by atoms with Crippen LogP contribution in [0.4, 0.5) is 5.69 Å². The fraction of sp³-hybridized carbons (Fsp3) is 0.704. The van der Waals surface area contributed by atoms with Crippen molar-refractivity contribution in [2.24, 2.45) is 17.8 Å². The smallest absolute Gasteiger partial charge is 0.258 e. The summed E-state index contributed by atoms with van der Waals surface area (Å²) in [6.07, 6.45) is 7.77. The molecule has 7 nitrogen and oxygen atoms in total. The monoisotopic (exact) mass is 471 g/mol. The Kier molecular flexibility index (Phi) is 8.14. The molecule has 0 unspecified atom stereocenters. The van der Waals surface area contributed by atoms with Gasteiger partial charge in [0.2, 0.25) is 5.91 Å². The molecule has 2 aliphatic carbocycles. The lowest BCUT2D eigenvalue weighted by molar-refractivity contribution is -0.120. The Morgan fingerprint density at radius 2 is 1.94 bits per heavy atom. The zero-order chi connectivity index (χ0) is 24.2. The number of nitrogens with one attached hydrogen (secondary N) is 1. The molecule has 2 saturated carbocycles. The van der Waals surface area contributed by atoms with Gasteiger partial charge >= 0.3 is 0 Å². The van der Waals surface area contributed by atoms with Gasteiger partial charge in [0, 0.05) is 37.2 Å². The first-order valence-corrected chi connectivity index (χ1v) is 13.1. The minimum Gasteiger partial charge on any atom is -0.488 e. The van der Waals surface area contributed by atoms with E-state index in [1.807, 2.05) is 19.1 Å². The van der Waals surface area contributed by atoms with Crippen LogP contribution in [0.2, 0.25) is 0 Å². The zero-order valence-electron chi connectivity index (χ0n) is 21.0. The second-order valence-electron chi connectivity index (χ2n) is 10.8. The van der Waals surface area contributed by atoms with Crippen LogP contribution in [-0.4, -0.2) is 72.2 Å². The molecule has 1 aliphatic heterocycles. The van der Waals surface area contributed by atoms with Gasteiger partial charge in [-0.05, 0) is 63.8 Å². The molecule has 4 rings (SSSR count). The molecule has 3 atom stereocenters. The lowest BCUT2D eigenvalue weighted by Gasteiger charge is -2.38. The van der Waals surface area contributed by atoms with Crippen LogP contribution in [0.1, 0.15) is 69.2 Å². The fourth-order valence-electron chi connectivity index (χ4n) is 5.25. The van der Waals surface area contributed by atoms with Crippen LogP contribution in [0.15, 0.2) is 18.2 Å². The molecule has 7 heteroatoms. The van der Waals surface area contributed by atoms with Gasteiger partial charge in [-0.25, -0.2) is 0 Å². The summed E-state index contributed by atoms with van der Waals surface area (Å²) in [6.45, 7) is 6.26. The Morgan fingerprint density at radius 1 is 1.21 bits per heavy atom. The molecule has 1 heterocycles. The Hall–Kier alpha value is -2.12. The predicted molar refractivity (Wildman–Crippen MR) is 133 cm³/mol. The topological polar surface area (TPSA) is 82.1 Å². The number of amides is 2. The SMILES string of the molecule is C[C@H]1CN([C@@H](C)CO)C(=O)c2cc(NC(=O)C3CCCCC3)ccc2O[C@@H]1CN(C)CC1CC1. The summed E-state index contributed by atoms with van der Waals surface area (Å²) >= 11 is 0. The van der Waals surface area contributed by atoms with E-state index in [9.17, 15) is 14.7 Å². The molecule has 1 aromatic rings. The van der Waals surface area contributed by atoms with Crippen molar-refractivity contribution >= 4 is 17.5 Å². The van der Waals surface area contributed by atoms with Gasteiger partial charge in [-0.1, -0.05) is 26.2 Å². The van der Waals surface area contributed by atoms with Gasteiger partial charge in [0.15, 0.2) is 0 Å². The van der Waals surface area contributed by atoms with Gasteiger partial charge in [-0.2, -0.15) is 0 Å². The van der Waals surface area contributed by atoms with E-state index < -0.39 is 0 Å². The lowest BCUT2D eigenvalue weighted by Crippen LogP contribution is -2.50. The third kappa shape index (κ3) is 6.11. The number of aliphatic hydroxyl groups excluding tert-OH is 1. The Balaban J connectivity index is 1.57. The second-order valence-corrected chi connectivity index (χ2v) is 10.8. The number of anilines is 1. The number of fused-ring (bicyclic) bond motifs is 1. The van der Waals surface area contributed by atoms with Crippen molar-refractivity contribution in [3.05, 3.63) is 23.8 Å². The normalized spacial score (nSPS) is 24.7. The van der Waals surface area contributed by atoms with Gasteiger partial charge in [0.05, 0.1) is 18.2 Å². The number of benzene rings is 1. The molecule has 2 fully saturated rings. The Labute approximate surface area is 203 Å². The highest BCUT2D eigenvalue weighted by Crippen LogP contribution is 2.33. The number of likely N-dealkylation sites (N-methyl/N-ethyl adjacent to an activating group) is 1. The summed E-state index contributed by atoms with van der Waals surface area (Å²) in [5, 5.41) is 12.9. The van der Waals surface area contributed by atoms with Crippen molar-refractivity contribution in [3.63, 3.8) is 0 Å². The number of hydrogen-bond donors (Lipinski definition) is 2. The molecule has 0 bridgehead atoms. The molecular formula is C27H41N3O4. The van der Waals surface area contributed by atoms with Crippen molar-refractivity contribution in [2.75, 3.05) is 38.6 Å². The van der Waals surface area contributed by atoms with Crippen molar-refractivity contribution in [3.8, 4) is 5.75 Å². The maximum atomic E-state index is 13.6. The Morgan fingerprint density at radius 3 is 2.62 bits per heavy atom. The molecule has 0 saturated heterocycles. The summed E-state index contributed by atoms with van der Waals surface area (Å²) in [5.74, 6) is 1.37. The van der Waals surface area contributed by atoms with E-state index in [1.54, 1.807) is 11.0 Å². The number of nitrogens with zero attached hydrogens (tertiary/aromatic N) is 2. The van der Waals surface area contributed by atoms with Gasteiger partial charge in [0.1, 0.15) is 11.9 Å². The van der Waals surface area contributed by atoms with Crippen molar-refractivity contribution in [2.45, 2.75) is 70.9 Å². The molecule has 1 aromatic carbocycles. The Bertz CT molecular complexity index is 865. The average Bonchev–Trinajstić information content (AvgIpc) is 3.65. The number of ether oxygens (including phenoxy) is 1. The van der Waals surface area contributed by atoms with Gasteiger partial charge < -0.3 is 25.0 Å². The first kappa shape index (κ1) is 25.0. The summed E-state index contributed by atoms with van der Waals surface area (Å²) in [7, 11) is 2.14. The first-order valence-electron chi connectivity index (χ1n) is 13.1. The summed E-state index contributed by atoms with van der Waals surface area (Å²) in [4.78, 5) is 30.5. The molecule has 2 N–H and O–H groups in total. The molecule has 34 heavy (non-hydrogen) atoms. The van der Waals surface area contributed by atoms with Crippen molar-refractivity contribution in [1.82, 2.24) is 9.80 Å². The van der Waals surface area contributed by atoms with Crippen LogP contribution in [0.3, 0.4) is 0 Å². The summed E-state index contributed by atoms with van der Waals surface area (Å²) in [5.41, 5.74) is 1.07. The number of carbonyl (C=O) groups excluding carboxylic acids is 2. The molecule has 0 spiro atoms. The number of hydrogen-bond acceptors (Lipinski definition) is 5. The van der Waals surface area contributed by atoms with E-state index >= 15 is 0 Å². The molecular weight excluding hydrogens is 430 g/mol. The maximum absolute atomic E-state index is 13.6. The highest BCUT2D eigenvalue weighted by atomic mass is 16.5. The largest absolute Gasteiger partial charge is 0.488 e. The average molecular weight is 472 g/mol. The zero-order valence-corrected chi connectivity index (χ0v) is 21.0. The molecule has 3 aliphatic rings. The maximum Gasteiger partial charge on any atom is 0.258 e. The summed E-state index contributed by atoms with van der Waals surface area (Å²) in [6, 6.07) is 5.10. The minimum atomic E-state index is -0.300. The lowest BCUT2D eigenvalue weighted by atomic mass is 9.88. The molecule has 0 radical (unpaired) electrons. The highest BCUT2D eigenvalue weighted by Gasteiger charge is 2.34. The second kappa shape index (κ2) is 11.1. The predicted octanol–water partition coefficient (Wildman–Crippen LogP) is 3.77. The van der Waals surface area contributed by atoms with Crippen molar-refractivity contribution in [1.29, 1.82) is 0 Å². The van der Waals surface area contributed by atoms with Crippen LogP contribution in [0.5, 0.6) is 5.75 Å². The van der Waals surface area contributed by atoms with E-state index in [2.05, 4.69) is 24.2 Å². The van der Waals surface area contributed by atoms with E-state index in [0.29, 0.717) is 23.5 Å². The number of rotatable bonds is 8. The third-order valence-electron chi connectivity index (χ3n) is 7.67. The standard InChI is InChI=1S/C27H41N3O4/c1-18-14-30(19(2)17-31)27(33)23-13-22(28-26(32)21-7-5-4-6-8-21)11-12-24(23)34-25(18)16-29(3)15-20-9-10-20/h11-13,18-21,25,31H,4-10,14-17H2,1-3H3,(H,28,32)/t18-,19-,25+/m0/s1. The quantitative estimate of drug-likeness (QED) is 0.603. The number of carbonyl (C=O) groups is 2. The van der Waals surface area contributed by atoms with Crippen LogP contribution >= 0.6 is 0 Å². The fourth-order valence-corrected chi connectivity index (χ4v) is 5.25. The van der Waals surface area contributed by atoms with Crippen molar-refractivity contribution < 1.29 is 19.4 Å². The first-order chi connectivity index (χ1) is 16.4. The minimum absolute atomic E-state index is 0.0349. The van der Waals surface area contributed by atoms with Crippen LogP contribution in [0, 0.1) is 17.8 Å². The van der Waals surface area contributed by atoms with E-state index in [4.69, 9.17) is 4.74 Å². The van der Waals surface area contributed by atoms with E-state index in [-0.39, 0.29) is 42.4 Å².